The number of ether oxygens (including phenoxy) is 1. The summed E-state index contributed by atoms with van der Waals surface area (Å²) in [6, 6.07) is 18.4. The number of hydrogen-bond donors (Lipinski definition) is 1. The Balaban J connectivity index is 1.50. The minimum Gasteiger partial charge on any atom is -0.503 e. The normalized spacial score (nSPS) is 15.8. The van der Waals surface area contributed by atoms with Crippen LogP contribution in [0.15, 0.2) is 82.5 Å². The van der Waals surface area contributed by atoms with Gasteiger partial charge in [-0.05, 0) is 66.6 Å². The molecular formula is C28H19ClN2O5S. The predicted octanol–water partition coefficient (Wildman–Crippen LogP) is 6.80. The highest BCUT2D eigenvalue weighted by Crippen LogP contribution is 2.45. The third-order valence-corrected chi connectivity index (χ3v) is 7.58. The van der Waals surface area contributed by atoms with E-state index in [1.165, 1.54) is 16.2 Å². The van der Waals surface area contributed by atoms with Crippen LogP contribution in [0.2, 0.25) is 5.02 Å². The second-order valence-corrected chi connectivity index (χ2v) is 10.1. The van der Waals surface area contributed by atoms with Gasteiger partial charge in [0.1, 0.15) is 11.3 Å². The number of aryl methyl sites for hydroxylation is 1. The average molecular weight is 531 g/mol. The zero-order chi connectivity index (χ0) is 25.8. The summed E-state index contributed by atoms with van der Waals surface area (Å²) in [5.41, 5.74) is 2.77. The lowest BCUT2D eigenvalue weighted by Gasteiger charge is -2.24. The topological polar surface area (TPSA) is 92.9 Å². The number of aromatic nitrogens is 1. The molecular weight excluding hydrogens is 512 g/mol. The molecule has 1 N–H and O–H groups in total. The third-order valence-electron chi connectivity index (χ3n) is 6.33. The number of aliphatic hydroxyl groups is 1. The van der Waals surface area contributed by atoms with Gasteiger partial charge >= 0.3 is 0 Å². The lowest BCUT2D eigenvalue weighted by atomic mass is 9.95. The van der Waals surface area contributed by atoms with Crippen molar-refractivity contribution in [1.82, 2.24) is 4.98 Å². The maximum Gasteiger partial charge on any atom is 0.296 e. The number of nitrogens with zero attached hydrogens (tertiary/aromatic N) is 2. The van der Waals surface area contributed by atoms with Crippen LogP contribution in [-0.2, 0) is 4.79 Å². The monoisotopic (exact) mass is 530 g/mol. The number of thiazole rings is 1. The highest BCUT2D eigenvalue weighted by molar-refractivity contribution is 7.22. The van der Waals surface area contributed by atoms with Crippen LogP contribution in [0, 0.1) is 6.92 Å². The first-order valence-corrected chi connectivity index (χ1v) is 12.5. The van der Waals surface area contributed by atoms with Crippen LogP contribution in [0.1, 0.15) is 27.7 Å². The van der Waals surface area contributed by atoms with E-state index in [-0.39, 0.29) is 11.3 Å². The summed E-state index contributed by atoms with van der Waals surface area (Å²) in [5.74, 6) is -1.34. The number of benzene rings is 3. The van der Waals surface area contributed by atoms with Crippen molar-refractivity contribution in [2.24, 2.45) is 0 Å². The van der Waals surface area contributed by atoms with Crippen LogP contribution < -0.4 is 9.64 Å². The summed E-state index contributed by atoms with van der Waals surface area (Å²) in [7, 11) is 1.55. The number of aliphatic hydroxyl groups excluding tert-OH is 1. The molecule has 5 aromatic rings. The number of carbonyl (C=O) groups is 2. The number of fused-ring (bicyclic) bond motifs is 2. The molecule has 9 heteroatoms. The minimum absolute atomic E-state index is 0.00750. The van der Waals surface area contributed by atoms with E-state index < -0.39 is 23.5 Å². The van der Waals surface area contributed by atoms with E-state index in [0.29, 0.717) is 32.4 Å². The number of amides is 1. The smallest absolute Gasteiger partial charge is 0.296 e. The van der Waals surface area contributed by atoms with Crippen LogP contribution in [0.4, 0.5) is 5.13 Å². The van der Waals surface area contributed by atoms with Gasteiger partial charge in [0, 0.05) is 10.4 Å². The Morgan fingerprint density at radius 1 is 1.11 bits per heavy atom. The largest absolute Gasteiger partial charge is 0.503 e. The molecule has 1 aliphatic rings. The molecule has 1 aliphatic heterocycles. The zero-order valence-electron chi connectivity index (χ0n) is 19.7. The first kappa shape index (κ1) is 23.3. The molecule has 1 unspecified atom stereocenters. The fourth-order valence-corrected chi connectivity index (χ4v) is 5.79. The van der Waals surface area contributed by atoms with Gasteiger partial charge in [0.15, 0.2) is 16.7 Å². The molecule has 0 spiro atoms. The van der Waals surface area contributed by atoms with Gasteiger partial charge in [0.25, 0.3) is 5.91 Å². The maximum absolute atomic E-state index is 13.8. The van der Waals surface area contributed by atoms with Gasteiger partial charge in [-0.2, -0.15) is 0 Å². The van der Waals surface area contributed by atoms with Crippen molar-refractivity contribution < 1.29 is 23.8 Å². The molecule has 7 nitrogen and oxygen atoms in total. The van der Waals surface area contributed by atoms with Crippen LogP contribution >= 0.6 is 22.9 Å². The zero-order valence-corrected chi connectivity index (χ0v) is 21.3. The number of furan rings is 1. The molecule has 0 fully saturated rings. The Kier molecular flexibility index (Phi) is 5.51. The van der Waals surface area contributed by atoms with Crippen molar-refractivity contribution in [2.45, 2.75) is 13.0 Å². The van der Waals surface area contributed by atoms with Gasteiger partial charge in [-0.25, -0.2) is 4.98 Å². The number of methoxy groups -OCH3 is 1. The van der Waals surface area contributed by atoms with E-state index in [9.17, 15) is 14.7 Å². The van der Waals surface area contributed by atoms with Crippen LogP contribution in [-0.4, -0.2) is 28.9 Å². The molecule has 0 radical (unpaired) electrons. The molecule has 1 amide bonds. The second-order valence-electron chi connectivity index (χ2n) is 8.70. The van der Waals surface area contributed by atoms with Crippen LogP contribution in [0.3, 0.4) is 0 Å². The Labute approximate surface area is 220 Å². The molecule has 1 atom stereocenters. The lowest BCUT2D eigenvalue weighted by molar-refractivity contribution is -0.117. The number of hydrogen-bond acceptors (Lipinski definition) is 7. The Morgan fingerprint density at radius 3 is 2.65 bits per heavy atom. The van der Waals surface area contributed by atoms with Crippen molar-refractivity contribution in [1.29, 1.82) is 0 Å². The van der Waals surface area contributed by atoms with E-state index in [1.54, 1.807) is 55.6 Å². The van der Waals surface area contributed by atoms with Gasteiger partial charge in [-0.15, -0.1) is 0 Å². The standard InChI is InChI=1S/C28H19ClN2O5S/c1-14-3-9-19-22(11-14)37-28(30-19)31-24(15-4-7-18(35-2)8-5-15)23(26(33)27(31)34)25(32)21-13-16-12-17(29)6-10-20(16)36-21/h3-13,24,33H,1-2H3. The van der Waals surface area contributed by atoms with E-state index in [1.807, 2.05) is 25.1 Å². The molecule has 3 aromatic carbocycles. The Bertz CT molecular complexity index is 1750. The number of rotatable bonds is 5. The SMILES string of the molecule is COc1ccc(C2C(C(=O)c3cc4cc(Cl)ccc4o3)=C(O)C(=O)N2c2nc3ccc(C)cc3s2)cc1. The summed E-state index contributed by atoms with van der Waals surface area (Å²) < 4.78 is 12.0. The quantitative estimate of drug-likeness (QED) is 0.251. The maximum atomic E-state index is 13.8. The highest BCUT2D eigenvalue weighted by atomic mass is 35.5. The number of anilines is 1. The van der Waals surface area contributed by atoms with Crippen molar-refractivity contribution in [3.63, 3.8) is 0 Å². The summed E-state index contributed by atoms with van der Waals surface area (Å²) in [4.78, 5) is 33.3. The number of carbonyl (C=O) groups excluding carboxylic acids is 2. The van der Waals surface area contributed by atoms with Gasteiger partial charge in [0.2, 0.25) is 5.78 Å². The molecule has 0 saturated carbocycles. The fourth-order valence-electron chi connectivity index (χ4n) is 4.52. The first-order valence-electron chi connectivity index (χ1n) is 11.4. The van der Waals surface area contributed by atoms with E-state index in [0.717, 1.165) is 15.8 Å². The Morgan fingerprint density at radius 2 is 1.89 bits per heavy atom. The molecule has 184 valence electrons. The molecule has 0 saturated heterocycles. The summed E-state index contributed by atoms with van der Waals surface area (Å²) in [6.45, 7) is 1.98. The third kappa shape index (κ3) is 3.85. The van der Waals surface area contributed by atoms with Gasteiger partial charge in [-0.1, -0.05) is 41.1 Å². The molecule has 0 bridgehead atoms. The predicted molar refractivity (Wildman–Crippen MR) is 143 cm³/mol. The van der Waals surface area contributed by atoms with Crippen molar-refractivity contribution in [2.75, 3.05) is 12.0 Å². The average Bonchev–Trinajstić information content (AvgIpc) is 3.57. The summed E-state index contributed by atoms with van der Waals surface area (Å²) in [6.07, 6.45) is 0. The highest BCUT2D eigenvalue weighted by Gasteiger charge is 2.46. The summed E-state index contributed by atoms with van der Waals surface area (Å²) >= 11 is 7.41. The number of halogens is 1. The van der Waals surface area contributed by atoms with Crippen molar-refractivity contribution in [3.8, 4) is 5.75 Å². The van der Waals surface area contributed by atoms with Gasteiger partial charge in [-0.3, -0.25) is 14.5 Å². The Hall–Kier alpha value is -4.14. The second kappa shape index (κ2) is 8.76. The molecule has 37 heavy (non-hydrogen) atoms. The minimum atomic E-state index is -0.927. The number of ketones is 1. The van der Waals surface area contributed by atoms with Gasteiger partial charge < -0.3 is 14.3 Å². The molecule has 2 aromatic heterocycles. The molecule has 0 aliphatic carbocycles. The molecule has 6 rings (SSSR count). The van der Waals surface area contributed by atoms with Crippen LogP contribution in [0.25, 0.3) is 21.2 Å². The van der Waals surface area contributed by atoms with Crippen molar-refractivity contribution >= 4 is 60.9 Å². The molecule has 3 heterocycles. The lowest BCUT2D eigenvalue weighted by Crippen LogP contribution is -2.30. The van der Waals surface area contributed by atoms with E-state index in [4.69, 9.17) is 20.8 Å². The van der Waals surface area contributed by atoms with Crippen molar-refractivity contribution in [3.05, 3.63) is 100.0 Å². The fraction of sp³-hybridized carbons (Fsp3) is 0.107. The first-order chi connectivity index (χ1) is 17.8. The van der Waals surface area contributed by atoms with E-state index in [2.05, 4.69) is 4.98 Å². The number of Topliss-reactive ketones (excluding diaryl/α,β-unsaturated/α-hetero) is 1. The van der Waals surface area contributed by atoms with Crippen LogP contribution in [0.5, 0.6) is 5.75 Å². The van der Waals surface area contributed by atoms with Gasteiger partial charge in [0.05, 0.1) is 28.9 Å². The summed E-state index contributed by atoms with van der Waals surface area (Å²) in [5, 5.41) is 12.6. The van der Waals surface area contributed by atoms with E-state index >= 15 is 0 Å².